The van der Waals surface area contributed by atoms with Crippen molar-refractivity contribution < 1.29 is 14.2 Å². The molecule has 1 N–H and O–H groups in total. The standard InChI is InChI=1S/C16H36N2O3/c1-4-6-11-19-13-15-21-16-14-20-12-10-18(8-5-2)9-7-17-3/h17H,4-16H2,1-3H3. The van der Waals surface area contributed by atoms with Crippen molar-refractivity contribution in [3.63, 3.8) is 0 Å². The monoisotopic (exact) mass is 304 g/mol. The fraction of sp³-hybridized carbons (Fsp3) is 1.00. The highest BCUT2D eigenvalue weighted by Gasteiger charge is 2.02. The Balaban J connectivity index is 3.25. The van der Waals surface area contributed by atoms with Crippen molar-refractivity contribution in [2.45, 2.75) is 33.1 Å². The molecule has 0 aromatic rings. The van der Waals surface area contributed by atoms with Gasteiger partial charge in [-0.1, -0.05) is 20.3 Å². The molecule has 0 spiro atoms. The van der Waals surface area contributed by atoms with Gasteiger partial charge in [-0.05, 0) is 26.4 Å². The number of unbranched alkanes of at least 4 members (excludes halogenated alkanes) is 1. The molecule has 0 aliphatic carbocycles. The average molecular weight is 304 g/mol. The number of ether oxygens (including phenoxy) is 3. The molecule has 0 fully saturated rings. The van der Waals surface area contributed by atoms with Crippen molar-refractivity contribution in [1.82, 2.24) is 10.2 Å². The van der Waals surface area contributed by atoms with Crippen LogP contribution in [0.25, 0.3) is 0 Å². The van der Waals surface area contributed by atoms with E-state index in [0.717, 1.165) is 45.8 Å². The van der Waals surface area contributed by atoms with Crippen LogP contribution in [0.3, 0.4) is 0 Å². The van der Waals surface area contributed by atoms with Crippen molar-refractivity contribution in [2.75, 3.05) is 72.9 Å². The highest BCUT2D eigenvalue weighted by atomic mass is 16.5. The van der Waals surface area contributed by atoms with E-state index in [1.54, 1.807) is 0 Å². The Morgan fingerprint density at radius 2 is 1.33 bits per heavy atom. The average Bonchev–Trinajstić information content (AvgIpc) is 2.50. The summed E-state index contributed by atoms with van der Waals surface area (Å²) >= 11 is 0. The molecule has 0 aromatic carbocycles. The van der Waals surface area contributed by atoms with Crippen LogP contribution in [-0.4, -0.2) is 77.8 Å². The molecule has 0 radical (unpaired) electrons. The quantitative estimate of drug-likeness (QED) is 0.415. The molecule has 0 aromatic heterocycles. The fourth-order valence-electron chi connectivity index (χ4n) is 1.90. The van der Waals surface area contributed by atoms with Crippen molar-refractivity contribution >= 4 is 0 Å². The van der Waals surface area contributed by atoms with Crippen LogP contribution in [-0.2, 0) is 14.2 Å². The number of nitrogens with zero attached hydrogens (tertiary/aromatic N) is 1. The third-order valence-electron chi connectivity index (χ3n) is 3.16. The summed E-state index contributed by atoms with van der Waals surface area (Å²) in [4.78, 5) is 2.43. The minimum Gasteiger partial charge on any atom is -0.379 e. The zero-order chi connectivity index (χ0) is 15.6. The van der Waals surface area contributed by atoms with Gasteiger partial charge >= 0.3 is 0 Å². The van der Waals surface area contributed by atoms with Gasteiger partial charge in [0.2, 0.25) is 0 Å². The smallest absolute Gasteiger partial charge is 0.0701 e. The third-order valence-corrected chi connectivity index (χ3v) is 3.16. The number of likely N-dealkylation sites (N-methyl/N-ethyl adjacent to an activating group) is 1. The van der Waals surface area contributed by atoms with Gasteiger partial charge in [0.25, 0.3) is 0 Å². The molecule has 128 valence electrons. The topological polar surface area (TPSA) is 43.0 Å². The maximum absolute atomic E-state index is 5.61. The van der Waals surface area contributed by atoms with Crippen LogP contribution in [0.2, 0.25) is 0 Å². The summed E-state index contributed by atoms with van der Waals surface area (Å²) in [5.74, 6) is 0. The lowest BCUT2D eigenvalue weighted by Crippen LogP contribution is -2.34. The van der Waals surface area contributed by atoms with Crippen molar-refractivity contribution in [3.05, 3.63) is 0 Å². The molecule has 0 bridgehead atoms. The first-order valence-corrected chi connectivity index (χ1v) is 8.45. The van der Waals surface area contributed by atoms with Crippen molar-refractivity contribution in [1.29, 1.82) is 0 Å². The molecule has 0 saturated carbocycles. The van der Waals surface area contributed by atoms with Gasteiger partial charge in [-0.15, -0.1) is 0 Å². The molecule has 0 aliphatic heterocycles. The van der Waals surface area contributed by atoms with Crippen LogP contribution in [0.4, 0.5) is 0 Å². The predicted octanol–water partition coefficient (Wildman–Crippen LogP) is 1.77. The molecule has 0 amide bonds. The first-order chi connectivity index (χ1) is 10.3. The molecule has 0 heterocycles. The summed E-state index contributed by atoms with van der Waals surface area (Å²) in [5, 5.41) is 3.19. The third kappa shape index (κ3) is 16.0. The largest absolute Gasteiger partial charge is 0.379 e. The first kappa shape index (κ1) is 20.8. The second-order valence-corrected chi connectivity index (χ2v) is 5.14. The van der Waals surface area contributed by atoms with E-state index in [-0.39, 0.29) is 0 Å². The number of hydrogen-bond acceptors (Lipinski definition) is 5. The Hall–Kier alpha value is -0.200. The fourth-order valence-corrected chi connectivity index (χ4v) is 1.90. The van der Waals surface area contributed by atoms with Crippen molar-refractivity contribution in [3.8, 4) is 0 Å². The Bertz CT molecular complexity index is 194. The molecular weight excluding hydrogens is 268 g/mol. The van der Waals surface area contributed by atoms with Gasteiger partial charge < -0.3 is 19.5 Å². The Kier molecular flexibility index (Phi) is 17.7. The Morgan fingerprint density at radius 3 is 1.90 bits per heavy atom. The molecule has 5 heteroatoms. The Labute approximate surface area is 131 Å². The number of nitrogens with one attached hydrogen (secondary N) is 1. The van der Waals surface area contributed by atoms with E-state index in [1.165, 1.54) is 12.8 Å². The van der Waals surface area contributed by atoms with Crippen LogP contribution in [0, 0.1) is 0 Å². The van der Waals surface area contributed by atoms with Gasteiger partial charge in [0.1, 0.15) is 0 Å². The highest BCUT2D eigenvalue weighted by molar-refractivity contribution is 4.57. The second kappa shape index (κ2) is 17.9. The normalized spacial score (nSPS) is 11.4. The molecular formula is C16H36N2O3. The second-order valence-electron chi connectivity index (χ2n) is 5.14. The summed E-state index contributed by atoms with van der Waals surface area (Å²) in [5.41, 5.74) is 0. The molecule has 0 saturated heterocycles. The van der Waals surface area contributed by atoms with Gasteiger partial charge in [0.15, 0.2) is 0 Å². The van der Waals surface area contributed by atoms with Crippen LogP contribution >= 0.6 is 0 Å². The first-order valence-electron chi connectivity index (χ1n) is 8.45. The lowest BCUT2D eigenvalue weighted by molar-refractivity contribution is 0.0102. The summed E-state index contributed by atoms with van der Waals surface area (Å²) in [6.45, 7) is 12.9. The van der Waals surface area contributed by atoms with Gasteiger partial charge in [0.05, 0.1) is 33.0 Å². The molecule has 0 aliphatic rings. The molecule has 0 unspecified atom stereocenters. The van der Waals surface area contributed by atoms with E-state index in [0.29, 0.717) is 26.4 Å². The van der Waals surface area contributed by atoms with E-state index >= 15 is 0 Å². The van der Waals surface area contributed by atoms with E-state index in [9.17, 15) is 0 Å². The van der Waals surface area contributed by atoms with E-state index in [4.69, 9.17) is 14.2 Å². The van der Waals surface area contributed by atoms with Crippen LogP contribution < -0.4 is 5.32 Å². The maximum Gasteiger partial charge on any atom is 0.0701 e. The van der Waals surface area contributed by atoms with Crippen molar-refractivity contribution in [2.24, 2.45) is 0 Å². The van der Waals surface area contributed by atoms with Crippen LogP contribution in [0.1, 0.15) is 33.1 Å². The minimum absolute atomic E-state index is 0.654. The van der Waals surface area contributed by atoms with Gasteiger partial charge in [-0.3, -0.25) is 4.90 Å². The zero-order valence-electron chi connectivity index (χ0n) is 14.4. The number of hydrogen-bond donors (Lipinski definition) is 1. The summed E-state index contributed by atoms with van der Waals surface area (Å²) < 4.78 is 16.5. The Morgan fingerprint density at radius 1 is 0.714 bits per heavy atom. The van der Waals surface area contributed by atoms with Gasteiger partial charge in [-0.25, -0.2) is 0 Å². The molecule has 0 atom stereocenters. The SMILES string of the molecule is CCCCOCCOCCOCCN(CCC)CCNC. The minimum atomic E-state index is 0.654. The van der Waals surface area contributed by atoms with Crippen LogP contribution in [0.15, 0.2) is 0 Å². The van der Waals surface area contributed by atoms with E-state index in [1.807, 2.05) is 7.05 Å². The molecule has 5 nitrogen and oxygen atoms in total. The highest BCUT2D eigenvalue weighted by Crippen LogP contribution is 1.92. The maximum atomic E-state index is 5.61. The summed E-state index contributed by atoms with van der Waals surface area (Å²) in [6.07, 6.45) is 3.49. The van der Waals surface area contributed by atoms with Crippen LogP contribution in [0.5, 0.6) is 0 Å². The predicted molar refractivity (Wildman–Crippen MR) is 88.0 cm³/mol. The number of rotatable bonds is 17. The zero-order valence-corrected chi connectivity index (χ0v) is 14.4. The van der Waals surface area contributed by atoms with E-state index < -0.39 is 0 Å². The lowest BCUT2D eigenvalue weighted by Gasteiger charge is -2.21. The summed E-state index contributed by atoms with van der Waals surface area (Å²) in [6, 6.07) is 0. The lowest BCUT2D eigenvalue weighted by atomic mass is 10.4. The van der Waals surface area contributed by atoms with Gasteiger partial charge in [-0.2, -0.15) is 0 Å². The van der Waals surface area contributed by atoms with E-state index in [2.05, 4.69) is 24.1 Å². The molecule has 0 rings (SSSR count). The summed E-state index contributed by atoms with van der Waals surface area (Å²) in [7, 11) is 1.99. The van der Waals surface area contributed by atoms with Gasteiger partial charge in [0, 0.05) is 26.2 Å². The molecule has 21 heavy (non-hydrogen) atoms.